The molecular weight excluding hydrogens is 374 g/mol. The van der Waals surface area contributed by atoms with E-state index in [0.717, 1.165) is 22.5 Å². The number of fused-ring (bicyclic) bond motifs is 1. The Hall–Kier alpha value is -3.32. The van der Waals surface area contributed by atoms with Gasteiger partial charge in [0.2, 0.25) is 0 Å². The summed E-state index contributed by atoms with van der Waals surface area (Å²) in [6.45, 7) is 2.02. The highest BCUT2D eigenvalue weighted by molar-refractivity contribution is 7.92. The van der Waals surface area contributed by atoms with Gasteiger partial charge in [0, 0.05) is 23.6 Å². The van der Waals surface area contributed by atoms with Crippen LogP contribution in [0.2, 0.25) is 0 Å². The van der Waals surface area contributed by atoms with Crippen molar-refractivity contribution in [2.75, 3.05) is 11.8 Å². The van der Waals surface area contributed by atoms with Crippen LogP contribution >= 0.6 is 0 Å². The molecule has 0 aliphatic rings. The number of benzene rings is 2. The Labute approximate surface area is 163 Å². The lowest BCUT2D eigenvalue weighted by Crippen LogP contribution is -2.12. The lowest BCUT2D eigenvalue weighted by molar-refractivity contribution is 0.414. The summed E-state index contributed by atoms with van der Waals surface area (Å²) in [6, 6.07) is 17.5. The molecule has 0 spiro atoms. The highest BCUT2D eigenvalue weighted by Crippen LogP contribution is 2.25. The van der Waals surface area contributed by atoms with Crippen LogP contribution in [0.5, 0.6) is 5.75 Å². The quantitative estimate of drug-likeness (QED) is 0.554. The van der Waals surface area contributed by atoms with Gasteiger partial charge in [0.05, 0.1) is 17.7 Å². The van der Waals surface area contributed by atoms with Crippen LogP contribution in [0.4, 0.5) is 5.69 Å². The van der Waals surface area contributed by atoms with Gasteiger partial charge in [0.15, 0.2) is 0 Å². The molecule has 0 radical (unpaired) electrons. The molecule has 6 nitrogen and oxygen atoms in total. The van der Waals surface area contributed by atoms with Crippen LogP contribution in [0.3, 0.4) is 0 Å². The van der Waals surface area contributed by atoms with E-state index in [1.54, 1.807) is 30.3 Å². The van der Waals surface area contributed by atoms with Crippen molar-refractivity contribution in [1.82, 2.24) is 9.38 Å². The number of hydrogen-bond acceptors (Lipinski definition) is 4. The minimum Gasteiger partial charge on any atom is -0.497 e. The van der Waals surface area contributed by atoms with E-state index in [1.165, 1.54) is 19.2 Å². The van der Waals surface area contributed by atoms with E-state index in [-0.39, 0.29) is 4.90 Å². The average Bonchev–Trinajstić information content (AvgIpc) is 3.11. The lowest BCUT2D eigenvalue weighted by atomic mass is 10.1. The van der Waals surface area contributed by atoms with Gasteiger partial charge in [0.1, 0.15) is 11.4 Å². The largest absolute Gasteiger partial charge is 0.497 e. The maximum atomic E-state index is 12.7. The highest BCUT2D eigenvalue weighted by Gasteiger charge is 2.15. The van der Waals surface area contributed by atoms with Crippen molar-refractivity contribution >= 4 is 21.4 Å². The second-order valence-corrected chi connectivity index (χ2v) is 8.14. The van der Waals surface area contributed by atoms with E-state index in [9.17, 15) is 8.42 Å². The first-order valence-electron chi connectivity index (χ1n) is 8.67. The zero-order valence-corrected chi connectivity index (χ0v) is 16.3. The third-order valence-corrected chi connectivity index (χ3v) is 5.79. The minimum absolute atomic E-state index is 0.168. The molecule has 1 N–H and O–H groups in total. The van der Waals surface area contributed by atoms with Crippen molar-refractivity contribution in [2.45, 2.75) is 11.8 Å². The summed E-state index contributed by atoms with van der Waals surface area (Å²) in [5, 5.41) is 0. The molecular formula is C21H19N3O3S. The predicted molar refractivity (Wildman–Crippen MR) is 109 cm³/mol. The maximum absolute atomic E-state index is 12.7. The number of pyridine rings is 1. The first-order valence-corrected chi connectivity index (χ1v) is 10.2. The molecule has 4 rings (SSSR count). The molecule has 0 unspecified atom stereocenters. The fourth-order valence-electron chi connectivity index (χ4n) is 2.93. The third kappa shape index (κ3) is 3.57. The molecule has 7 heteroatoms. The number of nitrogens with one attached hydrogen (secondary N) is 1. The number of ether oxygens (including phenoxy) is 1. The lowest BCUT2D eigenvalue weighted by Gasteiger charge is -2.09. The summed E-state index contributed by atoms with van der Waals surface area (Å²) in [5.74, 6) is 0.600. The molecule has 0 amide bonds. The van der Waals surface area contributed by atoms with Gasteiger partial charge < -0.3 is 9.14 Å². The van der Waals surface area contributed by atoms with Gasteiger partial charge in [-0.15, -0.1) is 0 Å². The molecule has 0 saturated carbocycles. The van der Waals surface area contributed by atoms with Crippen LogP contribution in [0.1, 0.15) is 5.56 Å². The van der Waals surface area contributed by atoms with Gasteiger partial charge in [-0.2, -0.15) is 0 Å². The van der Waals surface area contributed by atoms with Crippen LogP contribution in [-0.4, -0.2) is 24.9 Å². The van der Waals surface area contributed by atoms with Crippen molar-refractivity contribution in [3.05, 3.63) is 78.6 Å². The van der Waals surface area contributed by atoms with Gasteiger partial charge in [-0.25, -0.2) is 13.4 Å². The number of hydrogen-bond donors (Lipinski definition) is 1. The average molecular weight is 393 g/mol. The number of methoxy groups -OCH3 is 1. The molecule has 0 saturated heterocycles. The van der Waals surface area contributed by atoms with E-state index in [2.05, 4.69) is 9.71 Å². The molecule has 0 fully saturated rings. The van der Waals surface area contributed by atoms with Crippen LogP contribution in [0.25, 0.3) is 16.9 Å². The standard InChI is InChI=1S/C21H19N3O3S/c1-15-10-11-24-14-20(22-21(24)12-15)16-4-3-5-17(13-16)23-28(25,26)19-8-6-18(27-2)7-9-19/h3-14,23H,1-2H3. The smallest absolute Gasteiger partial charge is 0.261 e. The first-order chi connectivity index (χ1) is 13.4. The van der Waals surface area contributed by atoms with E-state index < -0.39 is 10.0 Å². The molecule has 0 aliphatic carbocycles. The number of sulfonamides is 1. The van der Waals surface area contributed by atoms with E-state index in [1.807, 2.05) is 41.9 Å². The van der Waals surface area contributed by atoms with E-state index in [4.69, 9.17) is 4.74 Å². The summed E-state index contributed by atoms with van der Waals surface area (Å²) in [5.41, 5.74) is 4.05. The summed E-state index contributed by atoms with van der Waals surface area (Å²) in [7, 11) is -2.16. The number of imidazole rings is 1. The van der Waals surface area contributed by atoms with Gasteiger partial charge in [-0.1, -0.05) is 12.1 Å². The molecule has 4 aromatic rings. The summed E-state index contributed by atoms with van der Waals surface area (Å²) in [4.78, 5) is 4.80. The van der Waals surface area contributed by atoms with Crippen LogP contribution in [0, 0.1) is 6.92 Å². The van der Waals surface area contributed by atoms with Gasteiger partial charge in [-0.05, 0) is 61.0 Å². The van der Waals surface area contributed by atoms with Crippen molar-refractivity contribution in [3.8, 4) is 17.0 Å². The molecule has 2 aromatic heterocycles. The Bertz CT molecular complexity index is 1250. The van der Waals surface area contributed by atoms with Crippen LogP contribution < -0.4 is 9.46 Å². The van der Waals surface area contributed by atoms with Crippen molar-refractivity contribution in [2.24, 2.45) is 0 Å². The molecule has 142 valence electrons. The van der Waals surface area contributed by atoms with Gasteiger partial charge in [0.25, 0.3) is 10.0 Å². The Morgan fingerprint density at radius 1 is 1.04 bits per heavy atom. The second-order valence-electron chi connectivity index (χ2n) is 6.46. The van der Waals surface area contributed by atoms with Gasteiger partial charge >= 0.3 is 0 Å². The Morgan fingerprint density at radius 3 is 2.57 bits per heavy atom. The normalized spacial score (nSPS) is 11.5. The zero-order chi connectivity index (χ0) is 19.7. The third-order valence-electron chi connectivity index (χ3n) is 4.40. The van der Waals surface area contributed by atoms with E-state index >= 15 is 0 Å². The Morgan fingerprint density at radius 2 is 1.82 bits per heavy atom. The minimum atomic E-state index is -3.70. The fourth-order valence-corrected chi connectivity index (χ4v) is 3.98. The van der Waals surface area contributed by atoms with Crippen molar-refractivity contribution in [1.29, 1.82) is 0 Å². The topological polar surface area (TPSA) is 72.7 Å². The van der Waals surface area contributed by atoms with Crippen molar-refractivity contribution in [3.63, 3.8) is 0 Å². The molecule has 0 aliphatic heterocycles. The molecule has 0 bridgehead atoms. The van der Waals surface area contributed by atoms with Crippen LogP contribution in [-0.2, 0) is 10.0 Å². The molecule has 28 heavy (non-hydrogen) atoms. The fraction of sp³-hybridized carbons (Fsp3) is 0.0952. The van der Waals surface area contributed by atoms with Crippen LogP contribution in [0.15, 0.2) is 78.0 Å². The second kappa shape index (κ2) is 7.01. The summed E-state index contributed by atoms with van der Waals surface area (Å²) < 4.78 is 34.9. The Balaban J connectivity index is 1.64. The summed E-state index contributed by atoms with van der Waals surface area (Å²) in [6.07, 6.45) is 3.88. The summed E-state index contributed by atoms with van der Waals surface area (Å²) >= 11 is 0. The van der Waals surface area contributed by atoms with Gasteiger partial charge in [-0.3, -0.25) is 4.72 Å². The predicted octanol–water partition coefficient (Wildman–Crippen LogP) is 4.12. The number of aryl methyl sites for hydroxylation is 1. The zero-order valence-electron chi connectivity index (χ0n) is 15.5. The molecule has 0 atom stereocenters. The number of aromatic nitrogens is 2. The van der Waals surface area contributed by atoms with Crippen molar-refractivity contribution < 1.29 is 13.2 Å². The molecule has 2 heterocycles. The molecule has 2 aromatic carbocycles. The number of anilines is 1. The SMILES string of the molecule is COc1ccc(S(=O)(=O)Nc2cccc(-c3cn4ccc(C)cc4n3)c2)cc1. The number of rotatable bonds is 5. The maximum Gasteiger partial charge on any atom is 0.261 e. The Kier molecular flexibility index (Phi) is 4.52. The van der Waals surface area contributed by atoms with E-state index in [0.29, 0.717) is 11.4 Å². The number of nitrogens with zero attached hydrogens (tertiary/aromatic N) is 2. The first kappa shape index (κ1) is 18.1. The highest BCUT2D eigenvalue weighted by atomic mass is 32.2. The monoisotopic (exact) mass is 393 g/mol.